The minimum Gasteiger partial charge on any atom is -0.368 e. The second-order valence-corrected chi connectivity index (χ2v) is 6.38. The van der Waals surface area contributed by atoms with Gasteiger partial charge in [-0.2, -0.15) is 0 Å². The maximum Gasteiger partial charge on any atom is 0.221 e. The quantitative estimate of drug-likeness (QED) is 0.510. The number of rotatable bonds is 3. The van der Waals surface area contributed by atoms with Gasteiger partial charge in [-0.1, -0.05) is 78.3 Å². The van der Waals surface area contributed by atoms with Gasteiger partial charge in [0.25, 0.3) is 0 Å². The molecule has 4 aromatic rings. The van der Waals surface area contributed by atoms with Gasteiger partial charge in [-0.05, 0) is 29.3 Å². The first-order valence-corrected chi connectivity index (χ1v) is 8.63. The maximum absolute atomic E-state index is 5.97. The zero-order chi connectivity index (χ0) is 17.9. The van der Waals surface area contributed by atoms with Gasteiger partial charge in [0.15, 0.2) is 0 Å². The molecule has 0 aliphatic heterocycles. The third kappa shape index (κ3) is 3.44. The van der Waals surface area contributed by atoms with Crippen molar-refractivity contribution in [3.8, 4) is 33.6 Å². The Kier molecular flexibility index (Phi) is 4.38. The standard InChI is InChI=1S/C22H16ClN3/c23-19-12-10-18(11-13-19)21-14-20(25-22(24)26-21)17-8-6-16(7-9-17)15-4-2-1-3-5-15/h1-14H,(H2,24,25,26). The van der Waals surface area contributed by atoms with E-state index >= 15 is 0 Å². The molecule has 0 unspecified atom stereocenters. The molecule has 3 nitrogen and oxygen atoms in total. The molecule has 0 aliphatic rings. The first kappa shape index (κ1) is 16.3. The summed E-state index contributed by atoms with van der Waals surface area (Å²) in [6.45, 7) is 0. The molecule has 4 heteroatoms. The molecule has 0 amide bonds. The summed E-state index contributed by atoms with van der Waals surface area (Å²) in [5, 5.41) is 0.688. The van der Waals surface area contributed by atoms with Crippen molar-refractivity contribution in [1.82, 2.24) is 9.97 Å². The van der Waals surface area contributed by atoms with Crippen LogP contribution in [-0.2, 0) is 0 Å². The lowest BCUT2D eigenvalue weighted by Crippen LogP contribution is -1.98. The van der Waals surface area contributed by atoms with E-state index in [1.807, 2.05) is 48.5 Å². The van der Waals surface area contributed by atoms with Gasteiger partial charge in [-0.25, -0.2) is 9.97 Å². The third-order valence-electron chi connectivity index (χ3n) is 4.17. The van der Waals surface area contributed by atoms with Crippen molar-refractivity contribution in [2.45, 2.75) is 0 Å². The Balaban J connectivity index is 1.70. The average molecular weight is 358 g/mol. The number of nitrogen functional groups attached to an aromatic ring is 1. The Labute approximate surface area is 157 Å². The molecule has 0 saturated heterocycles. The molecule has 1 aromatic heterocycles. The van der Waals surface area contributed by atoms with E-state index in [2.05, 4.69) is 46.4 Å². The molecule has 3 aromatic carbocycles. The van der Waals surface area contributed by atoms with Crippen molar-refractivity contribution in [3.63, 3.8) is 0 Å². The molecule has 2 N–H and O–H groups in total. The Morgan fingerprint density at radius 2 is 1.04 bits per heavy atom. The predicted molar refractivity (Wildman–Crippen MR) is 108 cm³/mol. The van der Waals surface area contributed by atoms with Crippen LogP contribution in [-0.4, -0.2) is 9.97 Å². The molecule has 0 spiro atoms. The monoisotopic (exact) mass is 357 g/mol. The van der Waals surface area contributed by atoms with Crippen LogP contribution in [0.25, 0.3) is 33.6 Å². The largest absolute Gasteiger partial charge is 0.368 e. The number of anilines is 1. The summed E-state index contributed by atoms with van der Waals surface area (Å²) >= 11 is 5.97. The molecule has 1 heterocycles. The van der Waals surface area contributed by atoms with E-state index in [1.165, 1.54) is 5.56 Å². The van der Waals surface area contributed by atoms with Crippen molar-refractivity contribution in [1.29, 1.82) is 0 Å². The molecule has 4 rings (SSSR count). The molecule has 0 aliphatic carbocycles. The summed E-state index contributed by atoms with van der Waals surface area (Å²) in [7, 11) is 0. The highest BCUT2D eigenvalue weighted by Gasteiger charge is 2.08. The van der Waals surface area contributed by atoms with Crippen molar-refractivity contribution >= 4 is 17.5 Å². The summed E-state index contributed by atoms with van der Waals surface area (Å²) < 4.78 is 0. The van der Waals surface area contributed by atoms with E-state index in [0.29, 0.717) is 5.02 Å². The summed E-state index contributed by atoms with van der Waals surface area (Å²) in [5.41, 5.74) is 11.8. The fourth-order valence-electron chi connectivity index (χ4n) is 2.85. The Hall–Kier alpha value is -3.17. The first-order valence-electron chi connectivity index (χ1n) is 8.25. The fourth-order valence-corrected chi connectivity index (χ4v) is 2.97. The lowest BCUT2D eigenvalue weighted by atomic mass is 10.0. The lowest BCUT2D eigenvalue weighted by molar-refractivity contribution is 1.19. The highest BCUT2D eigenvalue weighted by molar-refractivity contribution is 6.30. The van der Waals surface area contributed by atoms with Crippen molar-refractivity contribution < 1.29 is 0 Å². The van der Waals surface area contributed by atoms with Crippen LogP contribution < -0.4 is 5.73 Å². The second-order valence-electron chi connectivity index (χ2n) is 5.95. The van der Waals surface area contributed by atoms with E-state index in [-0.39, 0.29) is 5.95 Å². The summed E-state index contributed by atoms with van der Waals surface area (Å²) in [6, 6.07) is 28.0. The molecular formula is C22H16ClN3. The summed E-state index contributed by atoms with van der Waals surface area (Å²) in [4.78, 5) is 8.74. The fraction of sp³-hybridized carbons (Fsp3) is 0. The smallest absolute Gasteiger partial charge is 0.221 e. The highest BCUT2D eigenvalue weighted by atomic mass is 35.5. The maximum atomic E-state index is 5.97. The van der Waals surface area contributed by atoms with Gasteiger partial charge in [0, 0.05) is 16.1 Å². The van der Waals surface area contributed by atoms with E-state index in [4.69, 9.17) is 17.3 Å². The number of nitrogens with two attached hydrogens (primary N) is 1. The van der Waals surface area contributed by atoms with Crippen LogP contribution in [0.3, 0.4) is 0 Å². The lowest BCUT2D eigenvalue weighted by Gasteiger charge is -2.08. The van der Waals surface area contributed by atoms with Gasteiger partial charge in [0.1, 0.15) is 0 Å². The van der Waals surface area contributed by atoms with Crippen LogP contribution in [0.4, 0.5) is 5.95 Å². The molecule has 0 bridgehead atoms. The number of halogens is 1. The number of nitrogens with zero attached hydrogens (tertiary/aromatic N) is 2. The van der Waals surface area contributed by atoms with Crippen LogP contribution in [0.1, 0.15) is 0 Å². The van der Waals surface area contributed by atoms with Gasteiger partial charge in [-0.15, -0.1) is 0 Å². The molecular weight excluding hydrogens is 342 g/mol. The van der Waals surface area contributed by atoms with E-state index in [0.717, 1.165) is 28.1 Å². The second kappa shape index (κ2) is 6.98. The van der Waals surface area contributed by atoms with E-state index < -0.39 is 0 Å². The number of hydrogen-bond donors (Lipinski definition) is 1. The number of benzene rings is 3. The van der Waals surface area contributed by atoms with Crippen molar-refractivity contribution in [2.24, 2.45) is 0 Å². The molecule has 0 saturated carbocycles. The van der Waals surface area contributed by atoms with Crippen molar-refractivity contribution in [3.05, 3.63) is 90.0 Å². The van der Waals surface area contributed by atoms with Crippen LogP contribution >= 0.6 is 11.6 Å². The number of aromatic nitrogens is 2. The average Bonchev–Trinajstić information content (AvgIpc) is 2.69. The van der Waals surface area contributed by atoms with Gasteiger partial charge in [0.2, 0.25) is 5.95 Å². The SMILES string of the molecule is Nc1nc(-c2ccc(Cl)cc2)cc(-c2ccc(-c3ccccc3)cc2)n1. The van der Waals surface area contributed by atoms with Crippen LogP contribution in [0.5, 0.6) is 0 Å². The zero-order valence-electron chi connectivity index (χ0n) is 13.9. The van der Waals surface area contributed by atoms with Gasteiger partial charge < -0.3 is 5.73 Å². The third-order valence-corrected chi connectivity index (χ3v) is 4.42. The van der Waals surface area contributed by atoms with E-state index in [9.17, 15) is 0 Å². The Morgan fingerprint density at radius 3 is 1.62 bits per heavy atom. The molecule has 0 fully saturated rings. The molecule has 0 radical (unpaired) electrons. The molecule has 0 atom stereocenters. The number of hydrogen-bond acceptors (Lipinski definition) is 3. The van der Waals surface area contributed by atoms with Crippen LogP contribution in [0.2, 0.25) is 5.02 Å². The van der Waals surface area contributed by atoms with Gasteiger partial charge >= 0.3 is 0 Å². The topological polar surface area (TPSA) is 51.8 Å². The molecule has 26 heavy (non-hydrogen) atoms. The van der Waals surface area contributed by atoms with Gasteiger partial charge in [-0.3, -0.25) is 0 Å². The van der Waals surface area contributed by atoms with Crippen LogP contribution in [0, 0.1) is 0 Å². The van der Waals surface area contributed by atoms with Crippen LogP contribution in [0.15, 0.2) is 84.9 Å². The van der Waals surface area contributed by atoms with Crippen molar-refractivity contribution in [2.75, 3.05) is 5.73 Å². The Morgan fingerprint density at radius 1 is 0.577 bits per heavy atom. The molecule has 126 valence electrons. The first-order chi connectivity index (χ1) is 12.7. The normalized spacial score (nSPS) is 10.7. The Bertz CT molecular complexity index is 1030. The summed E-state index contributed by atoms with van der Waals surface area (Å²) in [5.74, 6) is 0.250. The highest BCUT2D eigenvalue weighted by Crippen LogP contribution is 2.27. The minimum absolute atomic E-state index is 0.250. The van der Waals surface area contributed by atoms with Gasteiger partial charge in [0.05, 0.1) is 11.4 Å². The summed E-state index contributed by atoms with van der Waals surface area (Å²) in [6.07, 6.45) is 0. The van der Waals surface area contributed by atoms with E-state index in [1.54, 1.807) is 0 Å². The zero-order valence-corrected chi connectivity index (χ0v) is 14.7. The predicted octanol–water partition coefficient (Wildman–Crippen LogP) is 5.71. The minimum atomic E-state index is 0.250.